The Hall–Kier alpha value is -1.69. The van der Waals surface area contributed by atoms with E-state index in [-0.39, 0.29) is 5.56 Å². The number of nitrogens with zero attached hydrogens (tertiary/aromatic N) is 3. The first-order chi connectivity index (χ1) is 8.58. The lowest BCUT2D eigenvalue weighted by molar-refractivity contribution is 0.0696. The lowest BCUT2D eigenvalue weighted by Crippen LogP contribution is -2.53. The second-order valence-electron chi connectivity index (χ2n) is 4.83. The van der Waals surface area contributed by atoms with Crippen molar-refractivity contribution in [1.82, 2.24) is 15.3 Å². The maximum atomic E-state index is 10.7. The molecule has 2 N–H and O–H groups in total. The number of carboxylic acids is 1. The molecule has 18 heavy (non-hydrogen) atoms. The lowest BCUT2D eigenvalue weighted by atomic mass is 10.0. The van der Waals surface area contributed by atoms with E-state index < -0.39 is 5.97 Å². The summed E-state index contributed by atoms with van der Waals surface area (Å²) in [5, 5.41) is 12.3. The predicted molar refractivity (Wildman–Crippen MR) is 67.8 cm³/mol. The maximum absolute atomic E-state index is 10.7. The fourth-order valence-corrected chi connectivity index (χ4v) is 2.00. The molecule has 1 aliphatic rings. The van der Waals surface area contributed by atoms with Crippen LogP contribution in [-0.4, -0.2) is 46.7 Å². The number of aromatic nitrogens is 2. The highest BCUT2D eigenvalue weighted by molar-refractivity contribution is 5.86. The molecule has 0 unspecified atom stereocenters. The fourth-order valence-electron chi connectivity index (χ4n) is 2.00. The Labute approximate surface area is 106 Å². The minimum absolute atomic E-state index is 0.120. The molecule has 0 aromatic carbocycles. The van der Waals surface area contributed by atoms with Gasteiger partial charge in [0.2, 0.25) is 5.95 Å². The molecule has 2 rings (SSSR count). The van der Waals surface area contributed by atoms with Crippen LogP contribution in [0.2, 0.25) is 0 Å². The molecule has 2 heterocycles. The van der Waals surface area contributed by atoms with E-state index >= 15 is 0 Å². The number of hydrogen-bond acceptors (Lipinski definition) is 5. The molecule has 0 saturated carbocycles. The van der Waals surface area contributed by atoms with E-state index in [1.807, 2.05) is 0 Å². The Bertz CT molecular complexity index is 419. The molecule has 6 heteroatoms. The molecule has 1 aromatic heterocycles. The number of carbonyl (C=O) groups is 1. The number of piperazine rings is 1. The van der Waals surface area contributed by atoms with Gasteiger partial charge in [-0.05, 0) is 5.92 Å². The second kappa shape index (κ2) is 5.30. The van der Waals surface area contributed by atoms with Gasteiger partial charge in [-0.15, -0.1) is 0 Å². The molecule has 0 amide bonds. The van der Waals surface area contributed by atoms with Crippen molar-refractivity contribution in [3.05, 3.63) is 18.0 Å². The molecule has 0 spiro atoms. The summed E-state index contributed by atoms with van der Waals surface area (Å²) in [6.45, 7) is 6.94. The van der Waals surface area contributed by atoms with Gasteiger partial charge in [0.25, 0.3) is 0 Å². The first-order valence-electron chi connectivity index (χ1n) is 6.11. The monoisotopic (exact) mass is 250 g/mol. The van der Waals surface area contributed by atoms with Crippen molar-refractivity contribution >= 4 is 11.9 Å². The Morgan fingerprint density at radius 3 is 2.72 bits per heavy atom. The highest BCUT2D eigenvalue weighted by atomic mass is 16.4. The Morgan fingerprint density at radius 1 is 1.50 bits per heavy atom. The number of carboxylic acid groups (broad SMARTS) is 1. The SMILES string of the molecule is CC(C)[C@H]1CN(c2ncc(C(=O)O)cn2)CCN1. The zero-order valence-electron chi connectivity index (χ0n) is 10.6. The number of hydrogen-bond donors (Lipinski definition) is 2. The molecule has 1 aliphatic heterocycles. The van der Waals surface area contributed by atoms with E-state index in [1.165, 1.54) is 12.4 Å². The summed E-state index contributed by atoms with van der Waals surface area (Å²) in [6, 6.07) is 0.418. The standard InChI is InChI=1S/C12H18N4O2/c1-8(2)10-7-16(4-3-13-10)12-14-5-9(6-15-12)11(17)18/h5-6,8,10,13H,3-4,7H2,1-2H3,(H,17,18)/t10-/m1/s1. The largest absolute Gasteiger partial charge is 0.478 e. The number of aromatic carboxylic acids is 1. The van der Waals surface area contributed by atoms with Gasteiger partial charge in [0, 0.05) is 38.1 Å². The van der Waals surface area contributed by atoms with Crippen molar-refractivity contribution in [2.45, 2.75) is 19.9 Å². The molecule has 0 aliphatic carbocycles. The van der Waals surface area contributed by atoms with E-state index in [2.05, 4.69) is 34.0 Å². The zero-order valence-corrected chi connectivity index (χ0v) is 10.6. The minimum Gasteiger partial charge on any atom is -0.478 e. The van der Waals surface area contributed by atoms with E-state index in [4.69, 9.17) is 5.11 Å². The molecule has 0 radical (unpaired) electrons. The summed E-state index contributed by atoms with van der Waals surface area (Å²) in [6.07, 6.45) is 2.72. The van der Waals surface area contributed by atoms with Gasteiger partial charge in [-0.2, -0.15) is 0 Å². The fraction of sp³-hybridized carbons (Fsp3) is 0.583. The topological polar surface area (TPSA) is 78.4 Å². The van der Waals surface area contributed by atoms with Crippen LogP contribution in [0.1, 0.15) is 24.2 Å². The molecule has 0 bridgehead atoms. The van der Waals surface area contributed by atoms with Gasteiger partial charge >= 0.3 is 5.97 Å². The molecule has 1 saturated heterocycles. The quantitative estimate of drug-likeness (QED) is 0.818. The zero-order chi connectivity index (χ0) is 13.1. The average Bonchev–Trinajstić information content (AvgIpc) is 2.39. The van der Waals surface area contributed by atoms with E-state index in [1.54, 1.807) is 0 Å². The van der Waals surface area contributed by atoms with Gasteiger partial charge in [-0.1, -0.05) is 13.8 Å². The summed E-state index contributed by atoms with van der Waals surface area (Å²) in [5.74, 6) is 0.153. The number of anilines is 1. The van der Waals surface area contributed by atoms with Crippen LogP contribution in [0.25, 0.3) is 0 Å². The summed E-state index contributed by atoms with van der Waals surface area (Å²) >= 11 is 0. The van der Waals surface area contributed by atoms with Crippen LogP contribution in [0.4, 0.5) is 5.95 Å². The van der Waals surface area contributed by atoms with Crippen molar-refractivity contribution in [3.63, 3.8) is 0 Å². The first kappa shape index (κ1) is 12.8. The van der Waals surface area contributed by atoms with Gasteiger partial charge in [-0.25, -0.2) is 14.8 Å². The minimum atomic E-state index is -0.998. The Morgan fingerprint density at radius 2 is 2.17 bits per heavy atom. The molecular weight excluding hydrogens is 232 g/mol. The van der Waals surface area contributed by atoms with E-state index in [9.17, 15) is 4.79 Å². The van der Waals surface area contributed by atoms with Crippen LogP contribution in [0, 0.1) is 5.92 Å². The summed E-state index contributed by atoms with van der Waals surface area (Å²) in [7, 11) is 0. The molecule has 1 atom stereocenters. The summed E-state index contributed by atoms with van der Waals surface area (Å²) in [5.41, 5.74) is 0.120. The smallest absolute Gasteiger partial charge is 0.338 e. The van der Waals surface area contributed by atoms with Gasteiger partial charge in [-0.3, -0.25) is 0 Å². The van der Waals surface area contributed by atoms with E-state index in [0.717, 1.165) is 19.6 Å². The van der Waals surface area contributed by atoms with Crippen molar-refractivity contribution < 1.29 is 9.90 Å². The summed E-state index contributed by atoms with van der Waals surface area (Å²) < 4.78 is 0. The first-order valence-corrected chi connectivity index (χ1v) is 6.11. The van der Waals surface area contributed by atoms with Crippen LogP contribution in [0.5, 0.6) is 0 Å². The number of rotatable bonds is 3. The van der Waals surface area contributed by atoms with Crippen molar-refractivity contribution in [2.75, 3.05) is 24.5 Å². The van der Waals surface area contributed by atoms with Crippen molar-refractivity contribution in [3.8, 4) is 0 Å². The lowest BCUT2D eigenvalue weighted by Gasteiger charge is -2.35. The van der Waals surface area contributed by atoms with Crippen LogP contribution in [0.3, 0.4) is 0 Å². The third kappa shape index (κ3) is 2.76. The number of nitrogens with one attached hydrogen (secondary N) is 1. The van der Waals surface area contributed by atoms with Crippen LogP contribution in [-0.2, 0) is 0 Å². The van der Waals surface area contributed by atoms with Crippen LogP contribution in [0.15, 0.2) is 12.4 Å². The van der Waals surface area contributed by atoms with Crippen molar-refractivity contribution in [1.29, 1.82) is 0 Å². The normalized spacial score (nSPS) is 20.2. The summed E-state index contributed by atoms with van der Waals surface area (Å²) in [4.78, 5) is 21.1. The van der Waals surface area contributed by atoms with Gasteiger partial charge in [0.05, 0.1) is 5.56 Å². The Kier molecular flexibility index (Phi) is 3.76. The predicted octanol–water partition coefficient (Wildman–Crippen LogP) is 0.609. The van der Waals surface area contributed by atoms with E-state index in [0.29, 0.717) is 17.9 Å². The van der Waals surface area contributed by atoms with Gasteiger partial charge in [0.15, 0.2) is 0 Å². The molecule has 6 nitrogen and oxygen atoms in total. The molecular formula is C12H18N4O2. The average molecular weight is 250 g/mol. The van der Waals surface area contributed by atoms with Crippen LogP contribution >= 0.6 is 0 Å². The van der Waals surface area contributed by atoms with Crippen molar-refractivity contribution in [2.24, 2.45) is 5.92 Å². The molecule has 1 fully saturated rings. The molecule has 1 aromatic rings. The third-order valence-electron chi connectivity index (χ3n) is 3.18. The Balaban J connectivity index is 2.09. The maximum Gasteiger partial charge on any atom is 0.338 e. The van der Waals surface area contributed by atoms with Gasteiger partial charge < -0.3 is 15.3 Å². The van der Waals surface area contributed by atoms with Crippen LogP contribution < -0.4 is 10.2 Å². The molecule has 98 valence electrons. The second-order valence-corrected chi connectivity index (χ2v) is 4.83. The highest BCUT2D eigenvalue weighted by Crippen LogP contribution is 2.13. The third-order valence-corrected chi connectivity index (χ3v) is 3.18. The van der Waals surface area contributed by atoms with Gasteiger partial charge in [0.1, 0.15) is 0 Å². The highest BCUT2D eigenvalue weighted by Gasteiger charge is 2.23.